The lowest BCUT2D eigenvalue weighted by atomic mass is 10.1. The molecule has 0 aromatic heterocycles. The molecule has 0 saturated carbocycles. The number of aliphatic hydroxyl groups is 1. The summed E-state index contributed by atoms with van der Waals surface area (Å²) in [5, 5.41) is 11.5. The number of methoxy groups -OCH3 is 1. The molecule has 1 rings (SSSR count). The number of aliphatic hydroxyl groups excluding tert-OH is 1. The van der Waals surface area contributed by atoms with Crippen LogP contribution in [-0.2, 0) is 9.53 Å². The minimum absolute atomic E-state index is 0.114. The van der Waals surface area contributed by atoms with Crippen LogP contribution in [0, 0.1) is 0 Å². The van der Waals surface area contributed by atoms with Gasteiger partial charge in [0.25, 0.3) is 5.91 Å². The summed E-state index contributed by atoms with van der Waals surface area (Å²) in [5.41, 5.74) is 0.857. The van der Waals surface area contributed by atoms with Crippen molar-refractivity contribution in [3.05, 3.63) is 35.9 Å². The van der Waals surface area contributed by atoms with Crippen LogP contribution < -0.4 is 5.32 Å². The van der Waals surface area contributed by atoms with Gasteiger partial charge in [-0.05, 0) is 17.7 Å². The summed E-state index contributed by atoms with van der Waals surface area (Å²) in [5.74, 6) is 1.65. The number of carbonyl (C=O) groups is 1. The molecule has 5 heteroatoms. The summed E-state index contributed by atoms with van der Waals surface area (Å²) in [7, 11) is 1.53. The first kappa shape index (κ1) is 16.0. The molecule has 1 unspecified atom stereocenters. The van der Waals surface area contributed by atoms with Crippen molar-refractivity contribution in [2.45, 2.75) is 12.5 Å². The monoisotopic (exact) mass is 283 g/mol. The average molecular weight is 283 g/mol. The van der Waals surface area contributed by atoms with E-state index in [1.807, 2.05) is 30.3 Å². The van der Waals surface area contributed by atoms with Crippen LogP contribution in [0.5, 0.6) is 0 Å². The lowest BCUT2D eigenvalue weighted by molar-refractivity contribution is -0.131. The summed E-state index contributed by atoms with van der Waals surface area (Å²) in [6.07, 6.45) is 0.243. The molecule has 0 saturated heterocycles. The van der Waals surface area contributed by atoms with Gasteiger partial charge in [0.1, 0.15) is 0 Å². The van der Waals surface area contributed by atoms with Gasteiger partial charge >= 0.3 is 0 Å². The first-order valence-electron chi connectivity index (χ1n) is 6.33. The Morgan fingerprint density at radius 1 is 1.37 bits per heavy atom. The fourth-order valence-electron chi connectivity index (χ4n) is 1.63. The van der Waals surface area contributed by atoms with Crippen molar-refractivity contribution in [1.29, 1.82) is 0 Å². The van der Waals surface area contributed by atoms with E-state index in [0.29, 0.717) is 6.54 Å². The zero-order valence-electron chi connectivity index (χ0n) is 11.2. The predicted octanol–water partition coefficient (Wildman–Crippen LogP) is 1.61. The third-order valence-electron chi connectivity index (χ3n) is 2.57. The molecule has 1 atom stereocenters. The number of amides is 1. The SMILES string of the molecule is COC(C(=O)NCCSCCCO)c1ccccc1. The van der Waals surface area contributed by atoms with E-state index in [1.54, 1.807) is 11.8 Å². The van der Waals surface area contributed by atoms with Crippen molar-refractivity contribution in [2.75, 3.05) is 31.8 Å². The largest absolute Gasteiger partial charge is 0.396 e. The van der Waals surface area contributed by atoms with E-state index in [-0.39, 0.29) is 12.5 Å². The normalized spacial score (nSPS) is 12.1. The molecule has 0 heterocycles. The molecule has 0 radical (unpaired) electrons. The van der Waals surface area contributed by atoms with Crippen LogP contribution in [0.1, 0.15) is 18.1 Å². The van der Waals surface area contributed by atoms with Gasteiger partial charge in [-0.15, -0.1) is 0 Å². The summed E-state index contributed by atoms with van der Waals surface area (Å²) in [4.78, 5) is 12.0. The van der Waals surface area contributed by atoms with Gasteiger partial charge in [-0.1, -0.05) is 30.3 Å². The molecule has 0 aliphatic carbocycles. The first-order valence-corrected chi connectivity index (χ1v) is 7.49. The third kappa shape index (κ3) is 6.09. The Kier molecular flexibility index (Phi) is 8.29. The van der Waals surface area contributed by atoms with E-state index in [9.17, 15) is 4.79 Å². The zero-order chi connectivity index (χ0) is 13.9. The van der Waals surface area contributed by atoms with Crippen molar-refractivity contribution < 1.29 is 14.6 Å². The number of benzene rings is 1. The molecule has 0 spiro atoms. The molecule has 1 amide bonds. The fourth-order valence-corrected chi connectivity index (χ4v) is 2.41. The number of hydrogen-bond acceptors (Lipinski definition) is 4. The van der Waals surface area contributed by atoms with Crippen molar-refractivity contribution in [3.63, 3.8) is 0 Å². The molecule has 0 aliphatic rings. The molecule has 0 aliphatic heterocycles. The van der Waals surface area contributed by atoms with E-state index in [0.717, 1.165) is 23.5 Å². The number of carbonyl (C=O) groups excluding carboxylic acids is 1. The van der Waals surface area contributed by atoms with Crippen LogP contribution in [0.4, 0.5) is 0 Å². The molecule has 4 nitrogen and oxygen atoms in total. The van der Waals surface area contributed by atoms with Gasteiger partial charge in [0.15, 0.2) is 6.10 Å². The molecule has 2 N–H and O–H groups in total. The Labute approximate surface area is 118 Å². The minimum Gasteiger partial charge on any atom is -0.396 e. The second-order valence-corrected chi connectivity index (χ2v) is 5.23. The average Bonchev–Trinajstić information content (AvgIpc) is 2.45. The van der Waals surface area contributed by atoms with E-state index in [2.05, 4.69) is 5.32 Å². The van der Waals surface area contributed by atoms with Crippen LogP contribution >= 0.6 is 11.8 Å². The Balaban J connectivity index is 2.31. The molecule has 106 valence electrons. The van der Waals surface area contributed by atoms with E-state index in [4.69, 9.17) is 9.84 Å². The highest BCUT2D eigenvalue weighted by Crippen LogP contribution is 2.16. The van der Waals surface area contributed by atoms with Crippen LogP contribution in [0.25, 0.3) is 0 Å². The topological polar surface area (TPSA) is 58.6 Å². The zero-order valence-corrected chi connectivity index (χ0v) is 12.0. The maximum atomic E-state index is 12.0. The summed E-state index contributed by atoms with van der Waals surface area (Å²) in [6, 6.07) is 9.44. The summed E-state index contributed by atoms with van der Waals surface area (Å²) in [6.45, 7) is 0.834. The predicted molar refractivity (Wildman–Crippen MR) is 78.2 cm³/mol. The van der Waals surface area contributed by atoms with E-state index < -0.39 is 6.10 Å². The Bertz CT molecular complexity index is 359. The van der Waals surface area contributed by atoms with Crippen LogP contribution in [-0.4, -0.2) is 42.8 Å². The number of rotatable bonds is 9. The minimum atomic E-state index is -0.552. The van der Waals surface area contributed by atoms with Crippen molar-refractivity contribution >= 4 is 17.7 Å². The van der Waals surface area contributed by atoms with Crippen molar-refractivity contribution in [1.82, 2.24) is 5.32 Å². The second kappa shape index (κ2) is 9.83. The highest BCUT2D eigenvalue weighted by Gasteiger charge is 2.18. The third-order valence-corrected chi connectivity index (χ3v) is 3.64. The van der Waals surface area contributed by atoms with Crippen LogP contribution in [0.15, 0.2) is 30.3 Å². The smallest absolute Gasteiger partial charge is 0.253 e. The van der Waals surface area contributed by atoms with Crippen LogP contribution in [0.2, 0.25) is 0 Å². The highest BCUT2D eigenvalue weighted by molar-refractivity contribution is 7.99. The Morgan fingerprint density at radius 3 is 2.74 bits per heavy atom. The maximum Gasteiger partial charge on any atom is 0.253 e. The lowest BCUT2D eigenvalue weighted by Gasteiger charge is -2.15. The number of hydrogen-bond donors (Lipinski definition) is 2. The number of nitrogens with one attached hydrogen (secondary N) is 1. The van der Waals surface area contributed by atoms with Gasteiger partial charge in [-0.25, -0.2) is 0 Å². The lowest BCUT2D eigenvalue weighted by Crippen LogP contribution is -2.32. The van der Waals surface area contributed by atoms with Gasteiger partial charge in [-0.2, -0.15) is 11.8 Å². The number of ether oxygens (including phenoxy) is 1. The van der Waals surface area contributed by atoms with Crippen molar-refractivity contribution in [2.24, 2.45) is 0 Å². The molecular formula is C14H21NO3S. The number of thioether (sulfide) groups is 1. The molecule has 0 bridgehead atoms. The molecule has 0 fully saturated rings. The van der Waals surface area contributed by atoms with Gasteiger partial charge in [0, 0.05) is 26.0 Å². The Hall–Kier alpha value is -1.04. The molecule has 1 aromatic rings. The maximum absolute atomic E-state index is 12.0. The van der Waals surface area contributed by atoms with E-state index in [1.165, 1.54) is 7.11 Å². The first-order chi connectivity index (χ1) is 9.29. The van der Waals surface area contributed by atoms with Gasteiger partial charge < -0.3 is 15.2 Å². The van der Waals surface area contributed by atoms with Gasteiger partial charge in [-0.3, -0.25) is 4.79 Å². The Morgan fingerprint density at radius 2 is 2.11 bits per heavy atom. The van der Waals surface area contributed by atoms with Crippen molar-refractivity contribution in [3.8, 4) is 0 Å². The fraction of sp³-hybridized carbons (Fsp3) is 0.500. The molecule has 19 heavy (non-hydrogen) atoms. The summed E-state index contributed by atoms with van der Waals surface area (Å²) < 4.78 is 5.24. The molecular weight excluding hydrogens is 262 g/mol. The summed E-state index contributed by atoms with van der Waals surface area (Å²) >= 11 is 1.72. The molecule has 1 aromatic carbocycles. The standard InChI is InChI=1S/C14H21NO3S/c1-18-13(12-6-3-2-4-7-12)14(17)15-8-11-19-10-5-9-16/h2-4,6-7,13,16H,5,8-11H2,1H3,(H,15,17). The quantitative estimate of drug-likeness (QED) is 0.676. The van der Waals surface area contributed by atoms with Gasteiger partial charge in [0.05, 0.1) is 0 Å². The van der Waals surface area contributed by atoms with E-state index >= 15 is 0 Å². The van der Waals surface area contributed by atoms with Crippen LogP contribution in [0.3, 0.4) is 0 Å². The second-order valence-electron chi connectivity index (χ2n) is 4.01. The highest BCUT2D eigenvalue weighted by atomic mass is 32.2. The van der Waals surface area contributed by atoms with Gasteiger partial charge in [0.2, 0.25) is 0 Å².